The standard InChI is InChI=1S/C23H28N2O3/c1-3-19-13-9-10-16-25(19)22(26)17(2)28-23(27)20-14-7-8-15-21(20)24-18-11-5-4-6-12-18/h4-8,11-12,14-15,17,19,24H,3,9-10,13,16H2,1-2H3. The van der Waals surface area contributed by atoms with Crippen LogP contribution < -0.4 is 5.32 Å². The molecule has 148 valence electrons. The van der Waals surface area contributed by atoms with E-state index in [-0.39, 0.29) is 11.9 Å². The number of carbonyl (C=O) groups excluding carboxylic acids is 2. The molecule has 1 amide bonds. The highest BCUT2D eigenvalue weighted by atomic mass is 16.5. The lowest BCUT2D eigenvalue weighted by molar-refractivity contribution is -0.143. The van der Waals surface area contributed by atoms with Crippen LogP contribution in [0.25, 0.3) is 0 Å². The monoisotopic (exact) mass is 380 g/mol. The Morgan fingerprint density at radius 1 is 1.11 bits per heavy atom. The summed E-state index contributed by atoms with van der Waals surface area (Å²) in [6.07, 6.45) is 3.30. The van der Waals surface area contributed by atoms with Crippen LogP contribution in [-0.4, -0.2) is 35.5 Å². The van der Waals surface area contributed by atoms with Crippen LogP contribution in [0, 0.1) is 0 Å². The molecule has 3 rings (SSSR count). The molecule has 0 bridgehead atoms. The maximum absolute atomic E-state index is 12.8. The number of esters is 1. The minimum absolute atomic E-state index is 0.103. The third-order valence-corrected chi connectivity index (χ3v) is 5.21. The van der Waals surface area contributed by atoms with E-state index < -0.39 is 12.1 Å². The fourth-order valence-corrected chi connectivity index (χ4v) is 3.67. The maximum atomic E-state index is 12.8. The van der Waals surface area contributed by atoms with Crippen molar-refractivity contribution in [1.29, 1.82) is 0 Å². The fraction of sp³-hybridized carbons (Fsp3) is 0.391. The Bertz CT molecular complexity index is 807. The van der Waals surface area contributed by atoms with E-state index in [0.717, 1.165) is 37.9 Å². The second-order valence-electron chi connectivity index (χ2n) is 7.17. The van der Waals surface area contributed by atoms with Gasteiger partial charge in [0.15, 0.2) is 6.10 Å². The predicted octanol–water partition coefficient (Wildman–Crippen LogP) is 4.77. The molecule has 2 aromatic carbocycles. The van der Waals surface area contributed by atoms with E-state index in [1.54, 1.807) is 19.1 Å². The van der Waals surface area contributed by atoms with Crippen molar-refractivity contribution in [2.45, 2.75) is 51.7 Å². The third-order valence-electron chi connectivity index (χ3n) is 5.21. The normalized spacial score (nSPS) is 17.6. The maximum Gasteiger partial charge on any atom is 0.341 e. The highest BCUT2D eigenvalue weighted by Gasteiger charge is 2.30. The van der Waals surface area contributed by atoms with Gasteiger partial charge in [0.05, 0.1) is 11.3 Å². The smallest absolute Gasteiger partial charge is 0.341 e. The number of likely N-dealkylation sites (tertiary alicyclic amines) is 1. The molecular weight excluding hydrogens is 352 g/mol. The molecule has 0 spiro atoms. The number of ether oxygens (including phenoxy) is 1. The van der Waals surface area contributed by atoms with Crippen molar-refractivity contribution in [2.75, 3.05) is 11.9 Å². The van der Waals surface area contributed by atoms with Crippen molar-refractivity contribution in [3.63, 3.8) is 0 Å². The van der Waals surface area contributed by atoms with Crippen LogP contribution in [0.15, 0.2) is 54.6 Å². The van der Waals surface area contributed by atoms with E-state index in [1.165, 1.54) is 0 Å². The Balaban J connectivity index is 1.69. The van der Waals surface area contributed by atoms with Crippen LogP contribution in [0.2, 0.25) is 0 Å². The van der Waals surface area contributed by atoms with E-state index in [1.807, 2.05) is 47.4 Å². The van der Waals surface area contributed by atoms with E-state index in [4.69, 9.17) is 4.74 Å². The molecule has 1 aliphatic heterocycles. The van der Waals surface area contributed by atoms with Gasteiger partial charge in [0, 0.05) is 18.3 Å². The Labute approximate surface area is 166 Å². The minimum Gasteiger partial charge on any atom is -0.449 e. The molecule has 0 radical (unpaired) electrons. The minimum atomic E-state index is -0.801. The molecule has 5 nitrogen and oxygen atoms in total. The van der Waals surface area contributed by atoms with E-state index in [9.17, 15) is 9.59 Å². The molecule has 1 aliphatic rings. The zero-order valence-corrected chi connectivity index (χ0v) is 16.6. The molecule has 2 aromatic rings. The molecule has 0 saturated carbocycles. The Morgan fingerprint density at radius 3 is 2.57 bits per heavy atom. The second kappa shape index (κ2) is 9.40. The van der Waals surface area contributed by atoms with E-state index >= 15 is 0 Å². The fourth-order valence-electron chi connectivity index (χ4n) is 3.67. The van der Waals surface area contributed by atoms with Gasteiger partial charge in [-0.1, -0.05) is 37.3 Å². The summed E-state index contributed by atoms with van der Waals surface area (Å²) in [6, 6.07) is 17.1. The summed E-state index contributed by atoms with van der Waals surface area (Å²) >= 11 is 0. The molecule has 1 fully saturated rings. The number of hydrogen-bond acceptors (Lipinski definition) is 4. The number of nitrogens with one attached hydrogen (secondary N) is 1. The van der Waals surface area contributed by atoms with Crippen molar-refractivity contribution in [3.05, 3.63) is 60.2 Å². The number of piperidine rings is 1. The third kappa shape index (κ3) is 4.71. The second-order valence-corrected chi connectivity index (χ2v) is 7.17. The van der Waals surface area contributed by atoms with Crippen LogP contribution in [0.1, 0.15) is 49.9 Å². The van der Waals surface area contributed by atoms with Crippen molar-refractivity contribution in [3.8, 4) is 0 Å². The predicted molar refractivity (Wildman–Crippen MR) is 111 cm³/mol. The van der Waals surface area contributed by atoms with Crippen LogP contribution in [-0.2, 0) is 9.53 Å². The lowest BCUT2D eigenvalue weighted by Crippen LogP contribution is -2.48. The molecule has 5 heteroatoms. The largest absolute Gasteiger partial charge is 0.449 e. The first-order valence-corrected chi connectivity index (χ1v) is 10.0. The molecule has 28 heavy (non-hydrogen) atoms. The molecule has 0 aromatic heterocycles. The lowest BCUT2D eigenvalue weighted by Gasteiger charge is -2.36. The first-order valence-electron chi connectivity index (χ1n) is 10.0. The summed E-state index contributed by atoms with van der Waals surface area (Å²) < 4.78 is 5.55. The number of nitrogens with zero attached hydrogens (tertiary/aromatic N) is 1. The number of para-hydroxylation sites is 2. The van der Waals surface area contributed by atoms with Crippen molar-refractivity contribution in [2.24, 2.45) is 0 Å². The van der Waals surface area contributed by atoms with Gasteiger partial charge in [0.25, 0.3) is 5.91 Å². The molecule has 1 heterocycles. The zero-order valence-electron chi connectivity index (χ0n) is 16.6. The van der Waals surface area contributed by atoms with Gasteiger partial charge >= 0.3 is 5.97 Å². The van der Waals surface area contributed by atoms with Gasteiger partial charge < -0.3 is 15.0 Å². The van der Waals surface area contributed by atoms with Crippen LogP contribution >= 0.6 is 0 Å². The number of benzene rings is 2. The Kier molecular flexibility index (Phi) is 6.69. The highest BCUT2D eigenvalue weighted by Crippen LogP contribution is 2.24. The van der Waals surface area contributed by atoms with Crippen LogP contribution in [0.3, 0.4) is 0 Å². The summed E-state index contributed by atoms with van der Waals surface area (Å²) in [5.41, 5.74) is 1.95. The first kappa shape index (κ1) is 19.9. The highest BCUT2D eigenvalue weighted by molar-refractivity contribution is 5.98. The lowest BCUT2D eigenvalue weighted by atomic mass is 9.99. The quantitative estimate of drug-likeness (QED) is 0.734. The first-order chi connectivity index (χ1) is 13.6. The average Bonchev–Trinajstić information content (AvgIpc) is 2.74. The average molecular weight is 380 g/mol. The SMILES string of the molecule is CCC1CCCCN1C(=O)C(C)OC(=O)c1ccccc1Nc1ccccc1. The number of anilines is 2. The summed E-state index contributed by atoms with van der Waals surface area (Å²) in [4.78, 5) is 27.5. The number of carbonyl (C=O) groups is 2. The van der Waals surface area contributed by atoms with Crippen molar-refractivity contribution < 1.29 is 14.3 Å². The summed E-state index contributed by atoms with van der Waals surface area (Å²) in [7, 11) is 0. The summed E-state index contributed by atoms with van der Waals surface area (Å²) in [6.45, 7) is 4.50. The number of amides is 1. The van der Waals surface area contributed by atoms with E-state index in [0.29, 0.717) is 11.3 Å². The van der Waals surface area contributed by atoms with Crippen LogP contribution in [0.4, 0.5) is 11.4 Å². The van der Waals surface area contributed by atoms with E-state index in [2.05, 4.69) is 12.2 Å². The number of hydrogen-bond donors (Lipinski definition) is 1. The zero-order chi connectivity index (χ0) is 19.9. The van der Waals surface area contributed by atoms with Crippen molar-refractivity contribution in [1.82, 2.24) is 4.90 Å². The Morgan fingerprint density at radius 2 is 1.82 bits per heavy atom. The van der Waals surface area contributed by atoms with Gasteiger partial charge in [-0.25, -0.2) is 4.79 Å². The van der Waals surface area contributed by atoms with Gasteiger partial charge in [0.1, 0.15) is 0 Å². The molecule has 1 saturated heterocycles. The molecular formula is C23H28N2O3. The Hall–Kier alpha value is -2.82. The van der Waals surface area contributed by atoms with Gasteiger partial charge in [-0.15, -0.1) is 0 Å². The molecule has 2 unspecified atom stereocenters. The number of rotatable bonds is 6. The van der Waals surface area contributed by atoms with Gasteiger partial charge in [0.2, 0.25) is 0 Å². The molecule has 0 aliphatic carbocycles. The van der Waals surface area contributed by atoms with Gasteiger partial charge in [-0.05, 0) is 56.9 Å². The van der Waals surface area contributed by atoms with Gasteiger partial charge in [-0.2, -0.15) is 0 Å². The molecule has 2 atom stereocenters. The van der Waals surface area contributed by atoms with Crippen LogP contribution in [0.5, 0.6) is 0 Å². The topological polar surface area (TPSA) is 58.6 Å². The van der Waals surface area contributed by atoms with Gasteiger partial charge in [-0.3, -0.25) is 4.79 Å². The summed E-state index contributed by atoms with van der Waals surface area (Å²) in [5.74, 6) is -0.599. The summed E-state index contributed by atoms with van der Waals surface area (Å²) in [5, 5.41) is 3.24. The molecule has 1 N–H and O–H groups in total. The van der Waals surface area contributed by atoms with Crippen molar-refractivity contribution >= 4 is 23.3 Å².